The molecule has 0 saturated carbocycles. The maximum absolute atomic E-state index is 12.7. The van der Waals surface area contributed by atoms with Crippen molar-refractivity contribution in [2.75, 3.05) is 27.9 Å². The average Bonchev–Trinajstić information content (AvgIpc) is 2.77. The molecule has 1 amide bonds. The molecule has 0 bridgehead atoms. The number of nitrogens with one attached hydrogen (secondary N) is 1. The highest BCUT2D eigenvalue weighted by molar-refractivity contribution is 5.97. The highest BCUT2D eigenvalue weighted by Gasteiger charge is 2.15. The number of carbonyl (C=O) groups excluding carboxylic acids is 1. The third-order valence-electron chi connectivity index (χ3n) is 4.52. The SMILES string of the molecule is COCCn1nc(CNC(=O)c2ccc(OC)cc2OC)c2ccccc2c1=O. The quantitative estimate of drug-likeness (QED) is 0.625. The summed E-state index contributed by atoms with van der Waals surface area (Å²) < 4.78 is 16.9. The number of fused-ring (bicyclic) bond motifs is 1. The normalized spacial score (nSPS) is 10.7. The van der Waals surface area contributed by atoms with Gasteiger partial charge in [0.2, 0.25) is 0 Å². The molecule has 3 rings (SSSR count). The van der Waals surface area contributed by atoms with Crippen molar-refractivity contribution >= 4 is 16.7 Å². The fourth-order valence-electron chi connectivity index (χ4n) is 3.01. The molecule has 0 aliphatic heterocycles. The topological polar surface area (TPSA) is 91.7 Å². The Balaban J connectivity index is 1.89. The summed E-state index contributed by atoms with van der Waals surface area (Å²) in [5, 5.41) is 8.53. The summed E-state index contributed by atoms with van der Waals surface area (Å²) in [6, 6.07) is 12.2. The van der Waals surface area contributed by atoms with Gasteiger partial charge >= 0.3 is 0 Å². The Bertz CT molecular complexity index is 1080. The van der Waals surface area contributed by atoms with Crippen LogP contribution in [-0.2, 0) is 17.8 Å². The van der Waals surface area contributed by atoms with Gasteiger partial charge in [-0.2, -0.15) is 5.10 Å². The van der Waals surface area contributed by atoms with Gasteiger partial charge in [-0.3, -0.25) is 9.59 Å². The second-order valence-corrected chi connectivity index (χ2v) is 6.26. The first-order valence-corrected chi connectivity index (χ1v) is 9.07. The summed E-state index contributed by atoms with van der Waals surface area (Å²) in [6.07, 6.45) is 0. The van der Waals surface area contributed by atoms with E-state index in [2.05, 4.69) is 10.4 Å². The van der Waals surface area contributed by atoms with Crippen molar-refractivity contribution in [3.8, 4) is 11.5 Å². The molecule has 1 heterocycles. The molecule has 0 radical (unpaired) electrons. The first kappa shape index (κ1) is 20.3. The first-order chi connectivity index (χ1) is 14.1. The summed E-state index contributed by atoms with van der Waals surface area (Å²) in [7, 11) is 4.60. The molecule has 8 nitrogen and oxygen atoms in total. The van der Waals surface area contributed by atoms with Gasteiger partial charge in [-0.05, 0) is 18.2 Å². The molecule has 0 aliphatic rings. The Kier molecular flexibility index (Phi) is 6.46. The first-order valence-electron chi connectivity index (χ1n) is 9.07. The number of rotatable bonds is 8. The molecule has 0 atom stereocenters. The Morgan fingerprint density at radius 3 is 2.52 bits per heavy atom. The molecule has 0 spiro atoms. The van der Waals surface area contributed by atoms with E-state index in [0.717, 1.165) is 0 Å². The van der Waals surface area contributed by atoms with Crippen molar-refractivity contribution in [3.63, 3.8) is 0 Å². The van der Waals surface area contributed by atoms with Gasteiger partial charge in [-0.25, -0.2) is 4.68 Å². The molecule has 152 valence electrons. The zero-order chi connectivity index (χ0) is 20.8. The molecule has 0 fully saturated rings. The Morgan fingerprint density at radius 1 is 1.07 bits per heavy atom. The Labute approximate surface area is 168 Å². The van der Waals surface area contributed by atoms with Crippen LogP contribution in [0.1, 0.15) is 16.1 Å². The van der Waals surface area contributed by atoms with Crippen molar-refractivity contribution in [1.29, 1.82) is 0 Å². The van der Waals surface area contributed by atoms with Crippen LogP contribution in [0.4, 0.5) is 0 Å². The van der Waals surface area contributed by atoms with Crippen LogP contribution in [0.3, 0.4) is 0 Å². The van der Waals surface area contributed by atoms with Crippen molar-refractivity contribution in [1.82, 2.24) is 15.1 Å². The predicted molar refractivity (Wildman–Crippen MR) is 109 cm³/mol. The molecular weight excluding hydrogens is 374 g/mol. The highest BCUT2D eigenvalue weighted by Crippen LogP contribution is 2.24. The second-order valence-electron chi connectivity index (χ2n) is 6.26. The molecule has 29 heavy (non-hydrogen) atoms. The molecule has 8 heteroatoms. The van der Waals surface area contributed by atoms with E-state index in [9.17, 15) is 9.59 Å². The second kappa shape index (κ2) is 9.20. The highest BCUT2D eigenvalue weighted by atomic mass is 16.5. The van der Waals surface area contributed by atoms with Gasteiger partial charge in [-0.15, -0.1) is 0 Å². The van der Waals surface area contributed by atoms with Crippen molar-refractivity contribution in [2.24, 2.45) is 0 Å². The zero-order valence-corrected chi connectivity index (χ0v) is 16.6. The van der Waals surface area contributed by atoms with Gasteiger partial charge in [0, 0.05) is 18.6 Å². The van der Waals surface area contributed by atoms with E-state index in [1.54, 1.807) is 44.6 Å². The molecule has 1 N–H and O–H groups in total. The lowest BCUT2D eigenvalue weighted by atomic mass is 10.1. The van der Waals surface area contributed by atoms with Crippen LogP contribution in [0.15, 0.2) is 47.3 Å². The summed E-state index contributed by atoms with van der Waals surface area (Å²) >= 11 is 0. The molecular formula is C21H23N3O5. The third-order valence-corrected chi connectivity index (χ3v) is 4.52. The number of hydrogen-bond donors (Lipinski definition) is 1. The number of carbonyl (C=O) groups is 1. The smallest absolute Gasteiger partial charge is 0.274 e. The van der Waals surface area contributed by atoms with Crippen molar-refractivity contribution < 1.29 is 19.0 Å². The molecule has 0 saturated heterocycles. The Hall–Kier alpha value is -3.39. The molecule has 2 aromatic carbocycles. The van der Waals surface area contributed by atoms with Gasteiger partial charge in [0.05, 0.1) is 50.6 Å². The largest absolute Gasteiger partial charge is 0.497 e. The Morgan fingerprint density at radius 2 is 1.83 bits per heavy atom. The number of aromatic nitrogens is 2. The van der Waals surface area contributed by atoms with Crippen LogP contribution in [0, 0.1) is 0 Å². The third kappa shape index (κ3) is 4.38. The fraction of sp³-hybridized carbons (Fsp3) is 0.286. The van der Waals surface area contributed by atoms with Crippen molar-refractivity contribution in [3.05, 3.63) is 64.1 Å². The number of nitrogens with zero attached hydrogens (tertiary/aromatic N) is 2. The van der Waals surface area contributed by atoms with Gasteiger partial charge in [0.15, 0.2) is 0 Å². The van der Waals surface area contributed by atoms with Gasteiger partial charge in [0.25, 0.3) is 11.5 Å². The summed E-state index contributed by atoms with van der Waals surface area (Å²) in [5.74, 6) is 0.686. The van der Waals surface area contributed by atoms with Crippen molar-refractivity contribution in [2.45, 2.75) is 13.1 Å². The van der Waals surface area contributed by atoms with E-state index >= 15 is 0 Å². The van der Waals surface area contributed by atoms with E-state index in [4.69, 9.17) is 14.2 Å². The summed E-state index contributed by atoms with van der Waals surface area (Å²) in [4.78, 5) is 25.3. The van der Waals surface area contributed by atoms with Gasteiger partial charge in [0.1, 0.15) is 11.5 Å². The number of methoxy groups -OCH3 is 3. The molecule has 0 unspecified atom stereocenters. The van der Waals surface area contributed by atoms with E-state index in [1.807, 2.05) is 12.1 Å². The lowest BCUT2D eigenvalue weighted by molar-refractivity contribution is 0.0947. The van der Waals surface area contributed by atoms with Gasteiger partial charge in [-0.1, -0.05) is 18.2 Å². The minimum absolute atomic E-state index is 0.155. The van der Waals surface area contributed by atoms with Crippen LogP contribution < -0.4 is 20.3 Å². The number of benzene rings is 2. The number of ether oxygens (including phenoxy) is 3. The van der Waals surface area contributed by atoms with Crippen LogP contribution >= 0.6 is 0 Å². The molecule has 1 aromatic heterocycles. The lowest BCUT2D eigenvalue weighted by Crippen LogP contribution is -2.29. The minimum atomic E-state index is -0.315. The van der Waals surface area contributed by atoms with Crippen LogP contribution in [0.25, 0.3) is 10.8 Å². The lowest BCUT2D eigenvalue weighted by Gasteiger charge is -2.13. The monoisotopic (exact) mass is 397 g/mol. The minimum Gasteiger partial charge on any atom is -0.497 e. The van der Waals surface area contributed by atoms with Crippen LogP contribution in [0.5, 0.6) is 11.5 Å². The number of hydrogen-bond acceptors (Lipinski definition) is 6. The maximum atomic E-state index is 12.7. The molecule has 0 aliphatic carbocycles. The van der Waals surface area contributed by atoms with Crippen LogP contribution in [-0.4, -0.2) is 43.6 Å². The zero-order valence-electron chi connectivity index (χ0n) is 16.6. The standard InChI is InChI=1S/C21H23N3O5/c1-27-11-10-24-21(26)16-7-5-4-6-15(16)18(23-24)13-22-20(25)17-9-8-14(28-2)12-19(17)29-3/h4-9,12H,10-11,13H2,1-3H3,(H,22,25). The summed E-state index contributed by atoms with van der Waals surface area (Å²) in [6.45, 7) is 0.843. The van der Waals surface area contributed by atoms with E-state index in [-0.39, 0.29) is 18.0 Å². The fourth-order valence-corrected chi connectivity index (χ4v) is 3.01. The summed E-state index contributed by atoms with van der Waals surface area (Å²) in [5.41, 5.74) is 0.784. The number of amides is 1. The van der Waals surface area contributed by atoms with Crippen LogP contribution in [0.2, 0.25) is 0 Å². The van der Waals surface area contributed by atoms with E-state index < -0.39 is 0 Å². The van der Waals surface area contributed by atoms with E-state index in [1.165, 1.54) is 11.8 Å². The average molecular weight is 397 g/mol. The maximum Gasteiger partial charge on any atom is 0.274 e. The molecule has 3 aromatic rings. The predicted octanol–water partition coefficient (Wildman–Crippen LogP) is 1.99. The van der Waals surface area contributed by atoms with Gasteiger partial charge < -0.3 is 19.5 Å². The van der Waals surface area contributed by atoms with E-state index in [0.29, 0.717) is 46.7 Å².